The normalized spacial score (nSPS) is 8.73. The Morgan fingerprint density at radius 1 is 1.64 bits per heavy atom. The van der Waals surface area contributed by atoms with Gasteiger partial charge in [0, 0.05) is 10.7 Å². The molecule has 0 aromatic carbocycles. The smallest absolute Gasteiger partial charge is 0.314 e. The Hall–Kier alpha value is -1.29. The van der Waals surface area contributed by atoms with Crippen LogP contribution >= 0.6 is 0 Å². The highest BCUT2D eigenvalue weighted by Crippen LogP contribution is 1.94. The minimum Gasteiger partial charge on any atom is -0.373 e. The van der Waals surface area contributed by atoms with Gasteiger partial charge in [-0.3, -0.25) is 4.79 Å². The Balaban J connectivity index is 3.60. The molecule has 0 aliphatic rings. The summed E-state index contributed by atoms with van der Waals surface area (Å²) in [6, 6.07) is 0. The van der Waals surface area contributed by atoms with Crippen LogP contribution in [0.5, 0.6) is 0 Å². The Bertz CT molecular complexity index is 186. The predicted molar refractivity (Wildman–Crippen MR) is 41.0 cm³/mol. The summed E-state index contributed by atoms with van der Waals surface area (Å²) >= 11 is 0. The molecule has 0 rings (SSSR count). The molecular weight excluding hydrogens is 146 g/mol. The molecule has 0 atom stereocenters. The average Bonchev–Trinajstić information content (AvgIpc) is 2.03. The fraction of sp³-hybridized carbons (Fsp3) is 0.286. The molecule has 4 nitrogen and oxygen atoms in total. The summed E-state index contributed by atoms with van der Waals surface area (Å²) in [4.78, 5) is 20.1. The van der Waals surface area contributed by atoms with Crippen LogP contribution in [0, 0.1) is 4.91 Å². The maximum Gasteiger partial charge on any atom is 0.314 e. The quantitative estimate of drug-likeness (QED) is 0.258. The van der Waals surface area contributed by atoms with Crippen molar-refractivity contribution in [3.63, 3.8) is 0 Å². The molecule has 4 heteroatoms. The van der Waals surface area contributed by atoms with E-state index in [9.17, 15) is 9.70 Å². The van der Waals surface area contributed by atoms with Crippen molar-refractivity contribution < 1.29 is 9.53 Å². The van der Waals surface area contributed by atoms with E-state index in [1.165, 1.54) is 6.08 Å². The number of amides is 1. The van der Waals surface area contributed by atoms with E-state index >= 15 is 0 Å². The molecule has 60 valence electrons. The molecule has 0 heterocycles. The summed E-state index contributed by atoms with van der Waals surface area (Å²) in [5, 5.41) is 2.17. The van der Waals surface area contributed by atoms with Crippen molar-refractivity contribution in [1.29, 1.82) is 0 Å². The van der Waals surface area contributed by atoms with E-state index in [1.54, 1.807) is 0 Å². The molecule has 0 aromatic rings. The summed E-state index contributed by atoms with van der Waals surface area (Å²) in [5.41, 5.74) is 0.0573. The van der Waals surface area contributed by atoms with E-state index in [1.807, 2.05) is 0 Å². The maximum atomic E-state index is 10.4. The summed E-state index contributed by atoms with van der Waals surface area (Å²) in [5.74, 6) is -0.867. The Morgan fingerprint density at radius 3 is 2.73 bits per heavy atom. The SMILES string of the molecule is C=CCOCC(=C)C(=O)N=O. The predicted octanol–water partition coefficient (Wildman–Crippen LogP) is 1.04. The van der Waals surface area contributed by atoms with Gasteiger partial charge in [0.2, 0.25) is 0 Å². The topological polar surface area (TPSA) is 55.7 Å². The average molecular weight is 155 g/mol. The molecule has 0 saturated carbocycles. The minimum absolute atomic E-state index is 0.0244. The van der Waals surface area contributed by atoms with E-state index in [2.05, 4.69) is 18.3 Å². The standard InChI is InChI=1S/C7H9NO3/c1-3-4-11-5-6(2)7(9)8-10/h3H,1-2,4-5H2. The number of hydrogen-bond acceptors (Lipinski definition) is 3. The number of carbonyl (C=O) groups is 1. The minimum atomic E-state index is -0.867. The lowest BCUT2D eigenvalue weighted by Gasteiger charge is -1.98. The first-order chi connectivity index (χ1) is 5.22. The number of ether oxygens (including phenoxy) is 1. The van der Waals surface area contributed by atoms with Crippen LogP contribution in [0.15, 0.2) is 30.0 Å². The third kappa shape index (κ3) is 4.16. The molecule has 0 aliphatic heterocycles. The van der Waals surface area contributed by atoms with Gasteiger partial charge in [-0.1, -0.05) is 12.7 Å². The van der Waals surface area contributed by atoms with Gasteiger partial charge in [0.1, 0.15) is 0 Å². The molecule has 0 aromatic heterocycles. The van der Waals surface area contributed by atoms with Crippen LogP contribution in [0.25, 0.3) is 0 Å². The molecule has 0 aliphatic carbocycles. The molecule has 0 saturated heterocycles. The molecule has 1 amide bonds. The largest absolute Gasteiger partial charge is 0.373 e. The summed E-state index contributed by atoms with van der Waals surface area (Å²) in [7, 11) is 0. The van der Waals surface area contributed by atoms with Crippen molar-refractivity contribution >= 4 is 5.91 Å². The van der Waals surface area contributed by atoms with Crippen LogP contribution in [-0.2, 0) is 9.53 Å². The lowest BCUT2D eigenvalue weighted by molar-refractivity contribution is -0.115. The first-order valence-corrected chi connectivity index (χ1v) is 2.96. The lowest BCUT2D eigenvalue weighted by Crippen LogP contribution is -2.04. The maximum absolute atomic E-state index is 10.4. The Kier molecular flexibility index (Phi) is 4.85. The third-order valence-electron chi connectivity index (χ3n) is 0.897. The zero-order valence-electron chi connectivity index (χ0n) is 6.08. The van der Waals surface area contributed by atoms with Gasteiger partial charge >= 0.3 is 5.91 Å². The van der Waals surface area contributed by atoms with E-state index < -0.39 is 5.91 Å². The van der Waals surface area contributed by atoms with Crippen LogP contribution in [0.3, 0.4) is 0 Å². The first kappa shape index (κ1) is 9.71. The van der Waals surface area contributed by atoms with Gasteiger partial charge in [-0.2, -0.15) is 0 Å². The van der Waals surface area contributed by atoms with Gasteiger partial charge in [-0.05, 0) is 0 Å². The van der Waals surface area contributed by atoms with E-state index in [4.69, 9.17) is 4.74 Å². The highest BCUT2D eigenvalue weighted by atomic mass is 16.5. The van der Waals surface area contributed by atoms with Gasteiger partial charge < -0.3 is 4.74 Å². The van der Waals surface area contributed by atoms with Crippen LogP contribution in [0.2, 0.25) is 0 Å². The summed E-state index contributed by atoms with van der Waals surface area (Å²) in [6.07, 6.45) is 1.53. The van der Waals surface area contributed by atoms with Gasteiger partial charge in [0.15, 0.2) is 0 Å². The highest BCUT2D eigenvalue weighted by molar-refractivity contribution is 5.93. The first-order valence-electron chi connectivity index (χ1n) is 2.96. The highest BCUT2D eigenvalue weighted by Gasteiger charge is 2.05. The van der Waals surface area contributed by atoms with Gasteiger partial charge in [0.05, 0.1) is 13.2 Å². The second kappa shape index (κ2) is 5.49. The molecule has 0 N–H and O–H groups in total. The molecule has 0 unspecified atom stereocenters. The van der Waals surface area contributed by atoms with Crippen LogP contribution in [-0.4, -0.2) is 19.1 Å². The Morgan fingerprint density at radius 2 is 2.27 bits per heavy atom. The Labute approximate surface area is 64.5 Å². The van der Waals surface area contributed by atoms with Crippen LogP contribution in [0.4, 0.5) is 0 Å². The van der Waals surface area contributed by atoms with Crippen molar-refractivity contribution in [2.75, 3.05) is 13.2 Å². The summed E-state index contributed by atoms with van der Waals surface area (Å²) in [6.45, 7) is 7.04. The number of hydrogen-bond donors (Lipinski definition) is 0. The number of nitrogens with zero attached hydrogens (tertiary/aromatic N) is 1. The van der Waals surface area contributed by atoms with Gasteiger partial charge in [-0.15, -0.1) is 11.5 Å². The van der Waals surface area contributed by atoms with Crippen molar-refractivity contribution in [3.05, 3.63) is 29.7 Å². The van der Waals surface area contributed by atoms with Crippen molar-refractivity contribution in [1.82, 2.24) is 0 Å². The molecule has 0 radical (unpaired) electrons. The molecule has 11 heavy (non-hydrogen) atoms. The zero-order chi connectivity index (χ0) is 8.69. The second-order valence-corrected chi connectivity index (χ2v) is 1.80. The monoisotopic (exact) mass is 155 g/mol. The number of nitroso groups, excluding NO2 is 1. The fourth-order valence-electron chi connectivity index (χ4n) is 0.392. The van der Waals surface area contributed by atoms with Crippen LogP contribution < -0.4 is 0 Å². The van der Waals surface area contributed by atoms with E-state index in [0.29, 0.717) is 6.61 Å². The number of rotatable bonds is 5. The van der Waals surface area contributed by atoms with Crippen LogP contribution in [0.1, 0.15) is 0 Å². The van der Waals surface area contributed by atoms with Gasteiger partial charge in [-0.25, -0.2) is 0 Å². The molecular formula is C7H9NO3. The fourth-order valence-corrected chi connectivity index (χ4v) is 0.392. The van der Waals surface area contributed by atoms with Crippen molar-refractivity contribution in [2.45, 2.75) is 0 Å². The van der Waals surface area contributed by atoms with Crippen molar-refractivity contribution in [2.24, 2.45) is 5.18 Å². The third-order valence-corrected chi connectivity index (χ3v) is 0.897. The van der Waals surface area contributed by atoms with E-state index in [0.717, 1.165) is 0 Å². The van der Waals surface area contributed by atoms with Gasteiger partial charge in [0.25, 0.3) is 0 Å². The van der Waals surface area contributed by atoms with E-state index in [-0.39, 0.29) is 12.2 Å². The molecule has 0 spiro atoms. The summed E-state index contributed by atoms with van der Waals surface area (Å²) < 4.78 is 4.83. The lowest BCUT2D eigenvalue weighted by atomic mass is 10.3. The second-order valence-electron chi connectivity index (χ2n) is 1.80. The zero-order valence-corrected chi connectivity index (χ0v) is 6.08. The number of carbonyl (C=O) groups excluding carboxylic acids is 1. The molecule has 0 fully saturated rings. The van der Waals surface area contributed by atoms with Crippen molar-refractivity contribution in [3.8, 4) is 0 Å². The molecule has 0 bridgehead atoms.